The van der Waals surface area contributed by atoms with Gasteiger partial charge in [0.25, 0.3) is 0 Å². The van der Waals surface area contributed by atoms with Gasteiger partial charge >= 0.3 is 5.97 Å². The quantitative estimate of drug-likeness (QED) is 0.767. The van der Waals surface area contributed by atoms with Crippen LogP contribution >= 0.6 is 0 Å². The zero-order valence-electron chi connectivity index (χ0n) is 11.3. The Morgan fingerprint density at radius 2 is 2.11 bits per heavy atom. The molecule has 3 unspecified atom stereocenters. The van der Waals surface area contributed by atoms with Crippen LogP contribution in [0.2, 0.25) is 0 Å². The fourth-order valence-corrected chi connectivity index (χ4v) is 2.90. The van der Waals surface area contributed by atoms with Gasteiger partial charge in [0.05, 0.1) is 12.1 Å². The summed E-state index contributed by atoms with van der Waals surface area (Å²) in [6, 6.07) is -0.969. The van der Waals surface area contributed by atoms with Gasteiger partial charge in [-0.15, -0.1) is 0 Å². The maximum absolute atomic E-state index is 12.5. The van der Waals surface area contributed by atoms with Gasteiger partial charge in [-0.25, -0.2) is 4.79 Å². The Kier molecular flexibility index (Phi) is 4.76. The molecule has 6 nitrogen and oxygen atoms in total. The van der Waals surface area contributed by atoms with Gasteiger partial charge in [-0.05, 0) is 19.3 Å². The number of aliphatic carboxylic acids is 1. The molecule has 2 fully saturated rings. The largest absolute Gasteiger partial charge is 0.480 e. The molecule has 2 N–H and O–H groups in total. The molecular formula is C13H22N2O4. The lowest BCUT2D eigenvalue weighted by molar-refractivity contribution is -0.151. The van der Waals surface area contributed by atoms with Crippen molar-refractivity contribution in [3.63, 3.8) is 0 Å². The number of carboxylic acids is 1. The second kappa shape index (κ2) is 6.34. The first-order valence-corrected chi connectivity index (χ1v) is 6.93. The van der Waals surface area contributed by atoms with Crippen LogP contribution in [0.5, 0.6) is 0 Å². The number of carbonyl (C=O) groups is 2. The van der Waals surface area contributed by atoms with E-state index in [-0.39, 0.29) is 18.1 Å². The van der Waals surface area contributed by atoms with E-state index in [0.29, 0.717) is 25.9 Å². The lowest BCUT2D eigenvalue weighted by atomic mass is 10.1. The molecule has 2 aliphatic heterocycles. The summed E-state index contributed by atoms with van der Waals surface area (Å²) < 4.78 is 5.23. The Labute approximate surface area is 113 Å². The third-order valence-corrected chi connectivity index (χ3v) is 4.04. The van der Waals surface area contributed by atoms with E-state index in [9.17, 15) is 14.7 Å². The average molecular weight is 270 g/mol. The molecule has 2 rings (SSSR count). The average Bonchev–Trinajstić information content (AvgIpc) is 2.74. The number of hydrogen-bond donors (Lipinski definition) is 2. The zero-order chi connectivity index (χ0) is 13.8. The summed E-state index contributed by atoms with van der Waals surface area (Å²) in [4.78, 5) is 25.3. The number of nitrogens with one attached hydrogen (secondary N) is 1. The Morgan fingerprint density at radius 1 is 1.32 bits per heavy atom. The van der Waals surface area contributed by atoms with Gasteiger partial charge < -0.3 is 20.1 Å². The SMILES string of the molecule is COC1CNC(C(=O)N2CCCCCC2C(=O)O)C1. The molecule has 108 valence electrons. The summed E-state index contributed by atoms with van der Waals surface area (Å²) in [5, 5.41) is 12.4. The van der Waals surface area contributed by atoms with E-state index < -0.39 is 12.0 Å². The van der Waals surface area contributed by atoms with Crippen LogP contribution in [0.25, 0.3) is 0 Å². The smallest absolute Gasteiger partial charge is 0.326 e. The van der Waals surface area contributed by atoms with Crippen molar-refractivity contribution in [1.29, 1.82) is 0 Å². The highest BCUT2D eigenvalue weighted by molar-refractivity contribution is 5.87. The van der Waals surface area contributed by atoms with E-state index >= 15 is 0 Å². The molecule has 6 heteroatoms. The number of amides is 1. The van der Waals surface area contributed by atoms with E-state index in [1.165, 1.54) is 0 Å². The molecule has 3 atom stereocenters. The zero-order valence-corrected chi connectivity index (χ0v) is 11.3. The number of carbonyl (C=O) groups excluding carboxylic acids is 1. The number of hydrogen-bond acceptors (Lipinski definition) is 4. The fraction of sp³-hybridized carbons (Fsp3) is 0.846. The molecule has 0 aromatic rings. The van der Waals surface area contributed by atoms with Crippen LogP contribution < -0.4 is 5.32 Å². The molecule has 0 aromatic carbocycles. The van der Waals surface area contributed by atoms with Crippen LogP contribution in [0.1, 0.15) is 32.1 Å². The topological polar surface area (TPSA) is 78.9 Å². The predicted octanol–water partition coefficient (Wildman–Crippen LogP) is 0.219. The minimum atomic E-state index is -0.892. The predicted molar refractivity (Wildman–Crippen MR) is 68.8 cm³/mol. The second-order valence-corrected chi connectivity index (χ2v) is 5.29. The standard InChI is InChI=1S/C13H22N2O4/c1-19-9-7-10(14-8-9)12(16)15-6-4-2-3-5-11(15)13(17)18/h9-11,14H,2-8H2,1H3,(H,17,18). The maximum atomic E-state index is 12.5. The molecule has 0 bridgehead atoms. The van der Waals surface area contributed by atoms with Crippen molar-refractivity contribution in [2.75, 3.05) is 20.2 Å². The number of ether oxygens (including phenoxy) is 1. The van der Waals surface area contributed by atoms with Crippen molar-refractivity contribution in [3.05, 3.63) is 0 Å². The van der Waals surface area contributed by atoms with Crippen molar-refractivity contribution in [2.24, 2.45) is 0 Å². The highest BCUT2D eigenvalue weighted by Crippen LogP contribution is 2.20. The van der Waals surface area contributed by atoms with Gasteiger partial charge in [-0.1, -0.05) is 12.8 Å². The molecular weight excluding hydrogens is 248 g/mol. The summed E-state index contributed by atoms with van der Waals surface area (Å²) in [6.45, 7) is 1.20. The first kappa shape index (κ1) is 14.3. The van der Waals surface area contributed by atoms with E-state index in [4.69, 9.17) is 4.74 Å². The van der Waals surface area contributed by atoms with Crippen LogP contribution in [0.15, 0.2) is 0 Å². The molecule has 0 radical (unpaired) electrons. The monoisotopic (exact) mass is 270 g/mol. The normalized spacial score (nSPS) is 32.1. The number of carboxylic acid groups (broad SMARTS) is 1. The maximum Gasteiger partial charge on any atom is 0.326 e. The lowest BCUT2D eigenvalue weighted by Crippen LogP contribution is -2.51. The van der Waals surface area contributed by atoms with E-state index in [2.05, 4.69) is 5.32 Å². The second-order valence-electron chi connectivity index (χ2n) is 5.29. The van der Waals surface area contributed by atoms with Crippen molar-refractivity contribution >= 4 is 11.9 Å². The minimum Gasteiger partial charge on any atom is -0.480 e. The lowest BCUT2D eigenvalue weighted by Gasteiger charge is -2.29. The number of methoxy groups -OCH3 is 1. The Morgan fingerprint density at radius 3 is 2.74 bits per heavy atom. The van der Waals surface area contributed by atoms with E-state index in [1.807, 2.05) is 0 Å². The van der Waals surface area contributed by atoms with E-state index in [0.717, 1.165) is 19.3 Å². The van der Waals surface area contributed by atoms with Crippen LogP contribution in [-0.2, 0) is 14.3 Å². The molecule has 2 saturated heterocycles. The van der Waals surface area contributed by atoms with Gasteiger partial charge in [-0.2, -0.15) is 0 Å². The Balaban J connectivity index is 2.04. The Hall–Kier alpha value is -1.14. The van der Waals surface area contributed by atoms with Crippen LogP contribution in [0.4, 0.5) is 0 Å². The van der Waals surface area contributed by atoms with Crippen molar-refractivity contribution in [3.8, 4) is 0 Å². The minimum absolute atomic E-state index is 0.0456. The van der Waals surface area contributed by atoms with Crippen molar-refractivity contribution in [2.45, 2.75) is 50.3 Å². The van der Waals surface area contributed by atoms with Gasteiger partial charge in [-0.3, -0.25) is 4.79 Å². The first-order chi connectivity index (χ1) is 9.13. The molecule has 2 heterocycles. The summed E-state index contributed by atoms with van der Waals surface area (Å²) in [5.74, 6) is -0.981. The molecule has 1 amide bonds. The molecule has 2 aliphatic rings. The van der Waals surface area contributed by atoms with Crippen LogP contribution in [0.3, 0.4) is 0 Å². The number of nitrogens with zero attached hydrogens (tertiary/aromatic N) is 1. The summed E-state index contributed by atoms with van der Waals surface area (Å²) in [5.41, 5.74) is 0. The van der Waals surface area contributed by atoms with Crippen molar-refractivity contribution < 1.29 is 19.4 Å². The third-order valence-electron chi connectivity index (χ3n) is 4.04. The third kappa shape index (κ3) is 3.25. The van der Waals surface area contributed by atoms with Crippen molar-refractivity contribution in [1.82, 2.24) is 10.2 Å². The summed E-state index contributed by atoms with van der Waals surface area (Å²) in [6.07, 6.45) is 3.98. The van der Waals surface area contributed by atoms with Gasteiger partial charge in [0.2, 0.25) is 5.91 Å². The highest BCUT2D eigenvalue weighted by atomic mass is 16.5. The highest BCUT2D eigenvalue weighted by Gasteiger charge is 2.37. The van der Waals surface area contributed by atoms with Gasteiger partial charge in [0, 0.05) is 20.2 Å². The van der Waals surface area contributed by atoms with E-state index in [1.54, 1.807) is 12.0 Å². The Bertz CT molecular complexity index is 348. The van der Waals surface area contributed by atoms with Gasteiger partial charge in [0.15, 0.2) is 0 Å². The van der Waals surface area contributed by atoms with Crippen LogP contribution in [0, 0.1) is 0 Å². The van der Waals surface area contributed by atoms with Crippen LogP contribution in [-0.4, -0.2) is 60.3 Å². The number of rotatable bonds is 3. The summed E-state index contributed by atoms with van der Waals surface area (Å²) in [7, 11) is 1.63. The molecule has 0 spiro atoms. The summed E-state index contributed by atoms with van der Waals surface area (Å²) >= 11 is 0. The first-order valence-electron chi connectivity index (χ1n) is 6.93. The van der Waals surface area contributed by atoms with Gasteiger partial charge in [0.1, 0.15) is 6.04 Å². The molecule has 0 saturated carbocycles. The molecule has 0 aliphatic carbocycles. The fourth-order valence-electron chi connectivity index (χ4n) is 2.90. The molecule has 0 aromatic heterocycles. The number of likely N-dealkylation sites (tertiary alicyclic amines) is 1. The molecule has 19 heavy (non-hydrogen) atoms.